The number of H-pyrrole nitrogens is 1. The van der Waals surface area contributed by atoms with Crippen LogP contribution in [0.1, 0.15) is 17.2 Å². The molecule has 4 nitrogen and oxygen atoms in total. The second kappa shape index (κ2) is 7.51. The highest BCUT2D eigenvalue weighted by atomic mass is 16.5. The molecule has 3 rings (SSSR count). The lowest BCUT2D eigenvalue weighted by Gasteiger charge is -2.23. The van der Waals surface area contributed by atoms with Crippen molar-refractivity contribution in [3.8, 4) is 5.75 Å². The molecule has 0 aliphatic rings. The third kappa shape index (κ3) is 3.78. The number of hydrogen-bond acceptors (Lipinski definition) is 3. The summed E-state index contributed by atoms with van der Waals surface area (Å²) in [4.78, 5) is 5.48. The van der Waals surface area contributed by atoms with Crippen LogP contribution in [0, 0.1) is 0 Å². The Balaban J connectivity index is 1.77. The van der Waals surface area contributed by atoms with E-state index in [9.17, 15) is 0 Å². The molecule has 3 aromatic rings. The van der Waals surface area contributed by atoms with Crippen molar-refractivity contribution >= 4 is 10.9 Å². The Kier molecular flexibility index (Phi) is 5.18. The Morgan fingerprint density at radius 2 is 1.88 bits per heavy atom. The number of hydrogen-bond donors (Lipinski definition) is 2. The highest BCUT2D eigenvalue weighted by Gasteiger charge is 2.13. The molecule has 0 bridgehead atoms. The van der Waals surface area contributed by atoms with Crippen LogP contribution in [0.4, 0.5) is 0 Å². The summed E-state index contributed by atoms with van der Waals surface area (Å²) >= 11 is 0. The van der Waals surface area contributed by atoms with Crippen molar-refractivity contribution in [2.75, 3.05) is 27.7 Å². The van der Waals surface area contributed by atoms with Gasteiger partial charge in [-0.3, -0.25) is 0 Å². The number of nitrogens with one attached hydrogen (secondary N) is 2. The van der Waals surface area contributed by atoms with Gasteiger partial charge in [0, 0.05) is 36.2 Å². The summed E-state index contributed by atoms with van der Waals surface area (Å²) in [5.74, 6) is 0.888. The molecule has 4 heteroatoms. The van der Waals surface area contributed by atoms with Crippen LogP contribution >= 0.6 is 0 Å². The van der Waals surface area contributed by atoms with E-state index in [1.165, 1.54) is 22.0 Å². The molecule has 0 aliphatic heterocycles. The number of nitrogens with zero attached hydrogens (tertiary/aromatic N) is 1. The summed E-state index contributed by atoms with van der Waals surface area (Å²) in [7, 11) is 5.90. The Morgan fingerprint density at radius 3 is 2.58 bits per heavy atom. The van der Waals surface area contributed by atoms with Crippen LogP contribution < -0.4 is 10.1 Å². The molecule has 126 valence electrons. The third-order valence-electron chi connectivity index (χ3n) is 4.29. The van der Waals surface area contributed by atoms with E-state index in [1.54, 1.807) is 7.11 Å². The smallest absolute Gasteiger partial charge is 0.118 e. The molecule has 1 aromatic heterocycles. The Hall–Kier alpha value is -2.30. The maximum atomic E-state index is 5.26. The number of rotatable bonds is 7. The quantitative estimate of drug-likeness (QED) is 0.698. The number of benzene rings is 2. The predicted octanol–water partition coefficient (Wildman–Crippen LogP) is 3.57. The van der Waals surface area contributed by atoms with Gasteiger partial charge in [0.15, 0.2) is 0 Å². The fourth-order valence-electron chi connectivity index (χ4n) is 3.03. The molecule has 0 fully saturated rings. The summed E-state index contributed by atoms with van der Waals surface area (Å²) < 4.78 is 5.26. The third-order valence-corrected chi connectivity index (χ3v) is 4.29. The zero-order chi connectivity index (χ0) is 16.9. The molecule has 0 saturated heterocycles. The minimum atomic E-state index is 0.264. The minimum absolute atomic E-state index is 0.264. The van der Waals surface area contributed by atoms with Gasteiger partial charge in [0.25, 0.3) is 0 Å². The van der Waals surface area contributed by atoms with Crippen molar-refractivity contribution in [1.82, 2.24) is 15.2 Å². The molecule has 1 heterocycles. The monoisotopic (exact) mass is 323 g/mol. The van der Waals surface area contributed by atoms with Crippen LogP contribution in [0.5, 0.6) is 5.75 Å². The fourth-order valence-corrected chi connectivity index (χ4v) is 3.03. The van der Waals surface area contributed by atoms with Crippen LogP contribution in [-0.2, 0) is 6.54 Å². The van der Waals surface area contributed by atoms with Crippen LogP contribution in [0.2, 0.25) is 0 Å². The molecular weight excluding hydrogens is 298 g/mol. The summed E-state index contributed by atoms with van der Waals surface area (Å²) in [6, 6.07) is 17.1. The number of aromatic amines is 1. The lowest BCUT2D eigenvalue weighted by atomic mass is 10.0. The van der Waals surface area contributed by atoms with E-state index < -0.39 is 0 Å². The molecule has 1 unspecified atom stereocenters. The van der Waals surface area contributed by atoms with Crippen LogP contribution in [0.25, 0.3) is 10.9 Å². The molecule has 24 heavy (non-hydrogen) atoms. The second-order valence-corrected chi connectivity index (χ2v) is 6.32. The van der Waals surface area contributed by atoms with Gasteiger partial charge < -0.3 is 19.9 Å². The van der Waals surface area contributed by atoms with E-state index in [4.69, 9.17) is 4.74 Å². The summed E-state index contributed by atoms with van der Waals surface area (Å²) in [6.45, 7) is 1.77. The Bertz CT molecular complexity index is 777. The van der Waals surface area contributed by atoms with Gasteiger partial charge in [-0.1, -0.05) is 24.3 Å². The van der Waals surface area contributed by atoms with Gasteiger partial charge in [0.2, 0.25) is 0 Å². The van der Waals surface area contributed by atoms with Crippen LogP contribution in [-0.4, -0.2) is 37.6 Å². The van der Waals surface area contributed by atoms with E-state index >= 15 is 0 Å². The molecule has 1 atom stereocenters. The standard InChI is InChI=1S/C20H25N3O/c1-23(2)14-20(15-7-9-17(24-3)10-8-15)22-13-16-5-4-6-19-18(16)11-12-21-19/h4-12,20-22H,13-14H2,1-3H3. The number of fused-ring (bicyclic) bond motifs is 1. The van der Waals surface area contributed by atoms with Gasteiger partial charge in [-0.15, -0.1) is 0 Å². The largest absolute Gasteiger partial charge is 0.497 e. The predicted molar refractivity (Wildman–Crippen MR) is 99.4 cm³/mol. The molecule has 0 aliphatic carbocycles. The highest BCUT2D eigenvalue weighted by Crippen LogP contribution is 2.21. The number of ether oxygens (including phenoxy) is 1. The Labute approximate surface area is 143 Å². The van der Waals surface area contributed by atoms with E-state index in [0.29, 0.717) is 0 Å². The first kappa shape index (κ1) is 16.6. The molecule has 2 aromatic carbocycles. The first-order valence-electron chi connectivity index (χ1n) is 8.24. The van der Waals surface area contributed by atoms with Crippen LogP contribution in [0.3, 0.4) is 0 Å². The van der Waals surface area contributed by atoms with Crippen molar-refractivity contribution in [2.24, 2.45) is 0 Å². The molecule has 0 radical (unpaired) electrons. The summed E-state index contributed by atoms with van der Waals surface area (Å²) in [5, 5.41) is 4.99. The second-order valence-electron chi connectivity index (χ2n) is 6.32. The lowest BCUT2D eigenvalue weighted by Crippen LogP contribution is -2.31. The summed E-state index contributed by atoms with van der Waals surface area (Å²) in [5.41, 5.74) is 3.76. The normalized spacial score (nSPS) is 12.7. The van der Waals surface area contributed by atoms with Crippen molar-refractivity contribution in [3.63, 3.8) is 0 Å². The maximum absolute atomic E-state index is 5.26. The summed E-state index contributed by atoms with van der Waals surface area (Å²) in [6.07, 6.45) is 1.99. The van der Waals surface area contributed by atoms with E-state index in [-0.39, 0.29) is 6.04 Å². The lowest BCUT2D eigenvalue weighted by molar-refractivity contribution is 0.340. The zero-order valence-corrected chi connectivity index (χ0v) is 14.5. The highest BCUT2D eigenvalue weighted by molar-refractivity contribution is 5.82. The maximum Gasteiger partial charge on any atom is 0.118 e. The average molecular weight is 323 g/mol. The molecule has 0 amide bonds. The minimum Gasteiger partial charge on any atom is -0.497 e. The van der Waals surface area contributed by atoms with Gasteiger partial charge >= 0.3 is 0 Å². The topological polar surface area (TPSA) is 40.3 Å². The van der Waals surface area contributed by atoms with E-state index in [1.807, 2.05) is 18.3 Å². The van der Waals surface area contributed by atoms with Gasteiger partial charge in [-0.25, -0.2) is 0 Å². The number of likely N-dealkylation sites (N-methyl/N-ethyl adjacent to an activating group) is 1. The SMILES string of the molecule is COc1ccc(C(CN(C)C)NCc2cccc3[nH]ccc23)cc1. The average Bonchev–Trinajstić information content (AvgIpc) is 3.07. The molecular formula is C20H25N3O. The fraction of sp³-hybridized carbons (Fsp3) is 0.300. The molecule has 0 spiro atoms. The van der Waals surface area contributed by atoms with Crippen molar-refractivity contribution in [3.05, 3.63) is 65.9 Å². The van der Waals surface area contributed by atoms with Crippen LogP contribution in [0.15, 0.2) is 54.7 Å². The van der Waals surface area contributed by atoms with E-state index in [0.717, 1.165) is 18.8 Å². The first-order chi connectivity index (χ1) is 11.7. The van der Waals surface area contributed by atoms with E-state index in [2.05, 4.69) is 65.7 Å². The van der Waals surface area contributed by atoms with Gasteiger partial charge in [0.05, 0.1) is 7.11 Å². The number of aromatic nitrogens is 1. The first-order valence-corrected chi connectivity index (χ1v) is 8.24. The van der Waals surface area contributed by atoms with Crippen molar-refractivity contribution < 1.29 is 4.74 Å². The Morgan fingerprint density at radius 1 is 1.08 bits per heavy atom. The van der Waals surface area contributed by atoms with Gasteiger partial charge in [-0.2, -0.15) is 0 Å². The van der Waals surface area contributed by atoms with Crippen molar-refractivity contribution in [1.29, 1.82) is 0 Å². The van der Waals surface area contributed by atoms with Gasteiger partial charge in [-0.05, 0) is 49.5 Å². The number of methoxy groups -OCH3 is 1. The van der Waals surface area contributed by atoms with Crippen molar-refractivity contribution in [2.45, 2.75) is 12.6 Å². The molecule has 0 saturated carbocycles. The molecule has 2 N–H and O–H groups in total. The van der Waals surface area contributed by atoms with Gasteiger partial charge in [0.1, 0.15) is 5.75 Å². The zero-order valence-electron chi connectivity index (χ0n) is 14.5.